The zero-order valence-electron chi connectivity index (χ0n) is 14.3. The molecule has 2 atom stereocenters. The zero-order valence-corrected chi connectivity index (χ0v) is 14.3. The highest BCUT2D eigenvalue weighted by atomic mass is 16.5. The van der Waals surface area contributed by atoms with Crippen LogP contribution in [0.2, 0.25) is 0 Å². The van der Waals surface area contributed by atoms with E-state index in [1.54, 1.807) is 19.4 Å². The molecule has 0 saturated carbocycles. The molecule has 1 amide bonds. The zero-order chi connectivity index (χ0) is 17.6. The summed E-state index contributed by atoms with van der Waals surface area (Å²) in [7, 11) is 0. The van der Waals surface area contributed by atoms with Gasteiger partial charge in [-0.15, -0.1) is 0 Å². The summed E-state index contributed by atoms with van der Waals surface area (Å²) in [6.07, 6.45) is 4.83. The van der Waals surface area contributed by atoms with E-state index in [0.29, 0.717) is 5.75 Å². The van der Waals surface area contributed by atoms with Crippen LogP contribution >= 0.6 is 0 Å². The molecule has 1 aromatic heterocycles. The minimum atomic E-state index is -0.560. The molecule has 0 aliphatic rings. The molecule has 5 heteroatoms. The topological polar surface area (TPSA) is 56.1 Å². The number of para-hydroxylation sites is 1. The Morgan fingerprint density at radius 3 is 2.44 bits per heavy atom. The van der Waals surface area contributed by atoms with Crippen molar-refractivity contribution in [2.24, 2.45) is 0 Å². The Balaban J connectivity index is 1.59. The molecule has 1 heterocycles. The number of hydrogen-bond acceptors (Lipinski definition) is 3. The molecule has 25 heavy (non-hydrogen) atoms. The molecule has 0 aliphatic heterocycles. The first kappa shape index (κ1) is 16.8. The average Bonchev–Trinajstić information content (AvgIpc) is 3.17. The number of nitrogens with zero attached hydrogens (tertiary/aromatic N) is 2. The molecule has 0 fully saturated rings. The quantitative estimate of drug-likeness (QED) is 0.750. The maximum Gasteiger partial charge on any atom is 0.261 e. The maximum atomic E-state index is 12.3. The Morgan fingerprint density at radius 2 is 1.80 bits per heavy atom. The molecule has 128 valence electrons. The van der Waals surface area contributed by atoms with Gasteiger partial charge in [-0.25, -0.2) is 4.98 Å². The van der Waals surface area contributed by atoms with E-state index < -0.39 is 6.10 Å². The van der Waals surface area contributed by atoms with Crippen LogP contribution in [0.1, 0.15) is 25.5 Å². The molecular weight excluding hydrogens is 314 g/mol. The van der Waals surface area contributed by atoms with Crippen molar-refractivity contribution in [2.75, 3.05) is 0 Å². The van der Waals surface area contributed by atoms with Gasteiger partial charge in [0.2, 0.25) is 0 Å². The summed E-state index contributed by atoms with van der Waals surface area (Å²) < 4.78 is 7.59. The first-order chi connectivity index (χ1) is 12.1. The van der Waals surface area contributed by atoms with E-state index in [1.807, 2.05) is 72.3 Å². The number of carbonyl (C=O) groups excluding carboxylic acids is 1. The third kappa shape index (κ3) is 4.26. The van der Waals surface area contributed by atoms with Crippen molar-refractivity contribution in [3.63, 3.8) is 0 Å². The predicted octanol–water partition coefficient (Wildman–Crippen LogP) is 3.52. The fraction of sp³-hybridized carbons (Fsp3) is 0.200. The number of imidazole rings is 1. The van der Waals surface area contributed by atoms with Crippen molar-refractivity contribution in [3.8, 4) is 11.4 Å². The number of benzene rings is 2. The summed E-state index contributed by atoms with van der Waals surface area (Å²) in [5, 5.41) is 2.99. The second-order valence-electron chi connectivity index (χ2n) is 5.86. The van der Waals surface area contributed by atoms with Gasteiger partial charge in [0, 0.05) is 18.1 Å². The van der Waals surface area contributed by atoms with Crippen LogP contribution in [0, 0.1) is 0 Å². The molecule has 1 N–H and O–H groups in total. The van der Waals surface area contributed by atoms with Crippen LogP contribution in [0.3, 0.4) is 0 Å². The van der Waals surface area contributed by atoms with E-state index in [-0.39, 0.29) is 11.9 Å². The van der Waals surface area contributed by atoms with Gasteiger partial charge >= 0.3 is 0 Å². The van der Waals surface area contributed by atoms with E-state index >= 15 is 0 Å². The van der Waals surface area contributed by atoms with Crippen molar-refractivity contribution < 1.29 is 9.53 Å². The summed E-state index contributed by atoms with van der Waals surface area (Å²) in [4.78, 5) is 16.4. The van der Waals surface area contributed by atoms with E-state index in [9.17, 15) is 4.79 Å². The highest BCUT2D eigenvalue weighted by Gasteiger charge is 2.17. The second kappa shape index (κ2) is 7.66. The van der Waals surface area contributed by atoms with Crippen molar-refractivity contribution in [3.05, 3.63) is 78.9 Å². The smallest absolute Gasteiger partial charge is 0.261 e. The molecular formula is C20H21N3O2. The van der Waals surface area contributed by atoms with Crippen LogP contribution in [0.5, 0.6) is 5.75 Å². The predicted molar refractivity (Wildman–Crippen MR) is 96.7 cm³/mol. The molecule has 0 saturated heterocycles. The Hall–Kier alpha value is -3.08. The van der Waals surface area contributed by atoms with Gasteiger partial charge in [-0.2, -0.15) is 0 Å². The van der Waals surface area contributed by atoms with E-state index in [2.05, 4.69) is 10.3 Å². The van der Waals surface area contributed by atoms with Crippen LogP contribution in [0.4, 0.5) is 0 Å². The van der Waals surface area contributed by atoms with Gasteiger partial charge in [-0.1, -0.05) is 30.3 Å². The largest absolute Gasteiger partial charge is 0.481 e. The number of carbonyl (C=O) groups is 1. The van der Waals surface area contributed by atoms with Gasteiger partial charge in [0.05, 0.1) is 12.4 Å². The van der Waals surface area contributed by atoms with Crippen LogP contribution in [-0.4, -0.2) is 21.6 Å². The first-order valence-electron chi connectivity index (χ1n) is 8.24. The normalized spacial score (nSPS) is 13.0. The number of amides is 1. The third-order valence-electron chi connectivity index (χ3n) is 3.98. The number of rotatable bonds is 6. The monoisotopic (exact) mass is 335 g/mol. The standard InChI is InChI=1S/C20H21N3O2/c1-15(17-8-10-18(11-9-17)23-13-12-21-14-23)22-20(24)16(2)25-19-6-4-3-5-7-19/h3-16H,1-2H3,(H,22,24). The molecule has 3 rings (SSSR count). The number of nitrogens with one attached hydrogen (secondary N) is 1. The lowest BCUT2D eigenvalue weighted by atomic mass is 10.1. The summed E-state index contributed by atoms with van der Waals surface area (Å²) in [5.41, 5.74) is 2.06. The summed E-state index contributed by atoms with van der Waals surface area (Å²) in [6.45, 7) is 3.70. The Bertz CT molecular complexity index is 799. The van der Waals surface area contributed by atoms with Gasteiger partial charge < -0.3 is 14.6 Å². The lowest BCUT2D eigenvalue weighted by Crippen LogP contribution is -2.37. The molecule has 0 spiro atoms. The number of aromatic nitrogens is 2. The second-order valence-corrected chi connectivity index (χ2v) is 5.86. The lowest BCUT2D eigenvalue weighted by molar-refractivity contribution is -0.127. The SMILES string of the molecule is CC(Oc1ccccc1)C(=O)NC(C)c1ccc(-n2ccnc2)cc1. The van der Waals surface area contributed by atoms with E-state index in [4.69, 9.17) is 4.74 Å². The lowest BCUT2D eigenvalue weighted by Gasteiger charge is -2.19. The van der Waals surface area contributed by atoms with Crippen molar-refractivity contribution >= 4 is 5.91 Å². The van der Waals surface area contributed by atoms with Gasteiger partial charge in [-0.05, 0) is 43.7 Å². The maximum absolute atomic E-state index is 12.3. The van der Waals surface area contributed by atoms with Crippen LogP contribution in [-0.2, 0) is 4.79 Å². The van der Waals surface area contributed by atoms with Gasteiger partial charge in [0.25, 0.3) is 5.91 Å². The molecule has 3 aromatic rings. The molecule has 5 nitrogen and oxygen atoms in total. The van der Waals surface area contributed by atoms with Gasteiger partial charge in [0.1, 0.15) is 5.75 Å². The highest BCUT2D eigenvalue weighted by molar-refractivity contribution is 5.81. The van der Waals surface area contributed by atoms with Crippen LogP contribution in [0.25, 0.3) is 5.69 Å². The average molecular weight is 335 g/mol. The summed E-state index contributed by atoms with van der Waals surface area (Å²) >= 11 is 0. The molecule has 2 unspecified atom stereocenters. The minimum Gasteiger partial charge on any atom is -0.481 e. The Morgan fingerprint density at radius 1 is 1.08 bits per heavy atom. The van der Waals surface area contributed by atoms with E-state index in [0.717, 1.165) is 11.3 Å². The van der Waals surface area contributed by atoms with Gasteiger partial charge in [-0.3, -0.25) is 4.79 Å². The minimum absolute atomic E-state index is 0.105. The molecule has 0 bridgehead atoms. The third-order valence-corrected chi connectivity index (χ3v) is 3.98. The number of hydrogen-bond donors (Lipinski definition) is 1. The Labute approximate surface area is 147 Å². The Kier molecular flexibility index (Phi) is 5.14. The molecule has 0 aliphatic carbocycles. The highest BCUT2D eigenvalue weighted by Crippen LogP contribution is 2.16. The first-order valence-corrected chi connectivity index (χ1v) is 8.24. The van der Waals surface area contributed by atoms with Crippen molar-refractivity contribution in [2.45, 2.75) is 26.0 Å². The van der Waals surface area contributed by atoms with Gasteiger partial charge in [0.15, 0.2) is 6.10 Å². The fourth-order valence-electron chi connectivity index (χ4n) is 2.52. The van der Waals surface area contributed by atoms with E-state index in [1.165, 1.54) is 0 Å². The fourth-order valence-corrected chi connectivity index (χ4v) is 2.52. The molecule has 2 aromatic carbocycles. The number of ether oxygens (including phenoxy) is 1. The van der Waals surface area contributed by atoms with Crippen molar-refractivity contribution in [1.29, 1.82) is 0 Å². The van der Waals surface area contributed by atoms with Crippen LogP contribution < -0.4 is 10.1 Å². The van der Waals surface area contributed by atoms with Crippen molar-refractivity contribution in [1.82, 2.24) is 14.9 Å². The summed E-state index contributed by atoms with van der Waals surface area (Å²) in [5.74, 6) is 0.539. The van der Waals surface area contributed by atoms with Crippen LogP contribution in [0.15, 0.2) is 73.3 Å². The molecule has 0 radical (unpaired) electrons. The summed E-state index contributed by atoms with van der Waals surface area (Å²) in [6, 6.07) is 17.2.